The average molecular weight is 1080 g/mol. The fourth-order valence-corrected chi connectivity index (χ4v) is 8.29. The van der Waals surface area contributed by atoms with E-state index in [-0.39, 0.29) is 26.1 Å². The van der Waals surface area contributed by atoms with Crippen LogP contribution in [0.25, 0.3) is 0 Å². The van der Waals surface area contributed by atoms with E-state index in [9.17, 15) is 19.0 Å². The zero-order valence-electron chi connectivity index (χ0n) is 48.9. The molecule has 0 radical (unpaired) electrons. The number of ether oxygens (including phenoxy) is 2. The Kier molecular flexibility index (Phi) is 53.1. The maximum absolute atomic E-state index is 12.8. The second-order valence-electron chi connectivity index (χ2n) is 20.6. The number of esters is 2. The summed E-state index contributed by atoms with van der Waals surface area (Å²) >= 11 is 0. The minimum absolute atomic E-state index is 0.0459. The third kappa shape index (κ3) is 59.4. The molecule has 0 aliphatic heterocycles. The number of hydrogen-bond donors (Lipinski definition) is 0. The Morgan fingerprint density at radius 3 is 1.13 bits per heavy atom. The molecular formula is C66H110NO8P. The first kappa shape index (κ1) is 72.2. The minimum atomic E-state index is -4.66. The molecule has 432 valence electrons. The number of likely N-dealkylation sites (N-methyl/N-ethyl adjacent to an activating group) is 1. The number of carbonyl (C=O) groups is 2. The summed E-state index contributed by atoms with van der Waals surface area (Å²) in [6.07, 6.45) is 80.7. The van der Waals surface area contributed by atoms with Crippen LogP contribution in [-0.4, -0.2) is 70.0 Å². The van der Waals surface area contributed by atoms with Crippen molar-refractivity contribution in [3.05, 3.63) is 134 Å². The van der Waals surface area contributed by atoms with Crippen molar-refractivity contribution in [1.29, 1.82) is 0 Å². The van der Waals surface area contributed by atoms with Crippen LogP contribution in [0.1, 0.15) is 219 Å². The number of rotatable bonds is 53. The molecule has 2 atom stereocenters. The van der Waals surface area contributed by atoms with Crippen molar-refractivity contribution < 1.29 is 42.1 Å². The van der Waals surface area contributed by atoms with Crippen LogP contribution >= 0.6 is 7.82 Å². The number of phosphoric ester groups is 1. The summed E-state index contributed by atoms with van der Waals surface area (Å²) in [4.78, 5) is 37.9. The number of allylic oxidation sites excluding steroid dienone is 22. The highest BCUT2D eigenvalue weighted by molar-refractivity contribution is 7.45. The van der Waals surface area contributed by atoms with Crippen LogP contribution in [0, 0.1) is 0 Å². The highest BCUT2D eigenvalue weighted by Crippen LogP contribution is 2.38. The molecule has 0 saturated heterocycles. The Hall–Kier alpha value is -3.85. The smallest absolute Gasteiger partial charge is 0.306 e. The zero-order valence-corrected chi connectivity index (χ0v) is 49.8. The first-order valence-electron chi connectivity index (χ1n) is 29.9. The summed E-state index contributed by atoms with van der Waals surface area (Å²) in [7, 11) is 1.12. The Morgan fingerprint density at radius 1 is 0.421 bits per heavy atom. The SMILES string of the molecule is CC/C=C\C/C=C\C/C=C\C/C=C\C/C=C\C/C=C\C/C=C\C/C=C\C/C=C\CCCCCC(=O)OC(COC(=O)CCCCCCCCCCC/C=C\C/C=C\CCCCCCC)COP(=O)([O-])OCC[N+](C)(C)C. The van der Waals surface area contributed by atoms with Crippen molar-refractivity contribution in [2.75, 3.05) is 47.5 Å². The molecule has 0 aromatic rings. The second-order valence-corrected chi connectivity index (χ2v) is 22.0. The maximum Gasteiger partial charge on any atom is 0.306 e. The second kappa shape index (κ2) is 55.9. The van der Waals surface area contributed by atoms with Gasteiger partial charge in [-0.05, 0) is 116 Å². The number of phosphoric acid groups is 1. The van der Waals surface area contributed by atoms with Crippen molar-refractivity contribution in [3.8, 4) is 0 Å². The van der Waals surface area contributed by atoms with Crippen molar-refractivity contribution >= 4 is 19.8 Å². The lowest BCUT2D eigenvalue weighted by atomic mass is 10.1. The predicted molar refractivity (Wildman–Crippen MR) is 323 cm³/mol. The van der Waals surface area contributed by atoms with E-state index in [1.807, 2.05) is 21.1 Å². The first-order chi connectivity index (χ1) is 37.0. The van der Waals surface area contributed by atoms with E-state index in [1.54, 1.807) is 0 Å². The summed E-state index contributed by atoms with van der Waals surface area (Å²) in [5.41, 5.74) is 0. The maximum atomic E-state index is 12.8. The van der Waals surface area contributed by atoms with E-state index >= 15 is 0 Å². The zero-order chi connectivity index (χ0) is 55.6. The van der Waals surface area contributed by atoms with Gasteiger partial charge in [-0.3, -0.25) is 14.2 Å². The van der Waals surface area contributed by atoms with Gasteiger partial charge >= 0.3 is 11.9 Å². The number of unbranched alkanes of at least 4 members (excludes halogenated alkanes) is 17. The summed E-state index contributed by atoms with van der Waals surface area (Å²) < 4.78 is 34.1. The molecule has 0 bridgehead atoms. The van der Waals surface area contributed by atoms with E-state index in [0.29, 0.717) is 23.9 Å². The molecule has 0 aliphatic carbocycles. The molecule has 0 spiro atoms. The topological polar surface area (TPSA) is 111 Å². The molecule has 9 nitrogen and oxygen atoms in total. The molecule has 0 fully saturated rings. The van der Waals surface area contributed by atoms with Crippen LogP contribution in [0.3, 0.4) is 0 Å². The van der Waals surface area contributed by atoms with Crippen LogP contribution in [0.15, 0.2) is 134 Å². The van der Waals surface area contributed by atoms with Gasteiger partial charge in [-0.2, -0.15) is 0 Å². The summed E-state index contributed by atoms with van der Waals surface area (Å²) in [5, 5.41) is 0. The first-order valence-corrected chi connectivity index (χ1v) is 31.4. The summed E-state index contributed by atoms with van der Waals surface area (Å²) in [6.45, 7) is 4.06. The summed E-state index contributed by atoms with van der Waals surface area (Å²) in [5.74, 6) is -0.885. The van der Waals surface area contributed by atoms with E-state index in [2.05, 4.69) is 148 Å². The third-order valence-corrected chi connectivity index (χ3v) is 13.1. The quantitative estimate of drug-likeness (QED) is 0.0195. The van der Waals surface area contributed by atoms with Gasteiger partial charge in [0, 0.05) is 12.8 Å². The molecule has 76 heavy (non-hydrogen) atoms. The fourth-order valence-electron chi connectivity index (χ4n) is 7.56. The molecular weight excluding hydrogens is 966 g/mol. The van der Waals surface area contributed by atoms with Gasteiger partial charge in [0.05, 0.1) is 27.7 Å². The van der Waals surface area contributed by atoms with Gasteiger partial charge in [-0.1, -0.05) is 225 Å². The lowest BCUT2D eigenvalue weighted by Crippen LogP contribution is -2.37. The van der Waals surface area contributed by atoms with Gasteiger partial charge in [-0.15, -0.1) is 0 Å². The summed E-state index contributed by atoms with van der Waals surface area (Å²) in [6, 6.07) is 0. The van der Waals surface area contributed by atoms with E-state index < -0.39 is 32.5 Å². The molecule has 0 N–H and O–H groups in total. The van der Waals surface area contributed by atoms with E-state index in [0.717, 1.165) is 109 Å². The normalized spacial score (nSPS) is 14.2. The predicted octanol–water partition coefficient (Wildman–Crippen LogP) is 18.3. The van der Waals surface area contributed by atoms with E-state index in [4.69, 9.17) is 18.5 Å². The van der Waals surface area contributed by atoms with Crippen LogP contribution < -0.4 is 4.89 Å². The van der Waals surface area contributed by atoms with Gasteiger partial charge in [0.2, 0.25) is 0 Å². The number of nitrogens with zero attached hydrogens (tertiary/aromatic N) is 1. The van der Waals surface area contributed by atoms with Crippen molar-refractivity contribution in [1.82, 2.24) is 0 Å². The minimum Gasteiger partial charge on any atom is -0.756 e. The fraction of sp³-hybridized carbons (Fsp3) is 0.636. The van der Waals surface area contributed by atoms with Crippen molar-refractivity contribution in [2.45, 2.75) is 225 Å². The Morgan fingerprint density at radius 2 is 0.750 bits per heavy atom. The van der Waals surface area contributed by atoms with Crippen molar-refractivity contribution in [2.24, 2.45) is 0 Å². The Balaban J connectivity index is 4.29. The van der Waals surface area contributed by atoms with Gasteiger partial charge in [0.1, 0.15) is 19.8 Å². The van der Waals surface area contributed by atoms with Crippen LogP contribution in [0.4, 0.5) is 0 Å². The Labute approximate surface area is 466 Å². The average Bonchev–Trinajstić information content (AvgIpc) is 3.38. The Bertz CT molecular complexity index is 1740. The molecule has 2 unspecified atom stereocenters. The highest BCUT2D eigenvalue weighted by atomic mass is 31.2. The number of quaternary nitrogens is 1. The van der Waals surface area contributed by atoms with E-state index in [1.165, 1.54) is 70.6 Å². The van der Waals surface area contributed by atoms with Crippen LogP contribution in [-0.2, 0) is 32.7 Å². The molecule has 0 aromatic carbocycles. The highest BCUT2D eigenvalue weighted by Gasteiger charge is 2.21. The molecule has 0 aromatic heterocycles. The molecule has 0 saturated carbocycles. The van der Waals surface area contributed by atoms with Crippen molar-refractivity contribution in [3.63, 3.8) is 0 Å². The number of hydrogen-bond acceptors (Lipinski definition) is 8. The standard InChI is InChI=1S/C66H110NO8P/c1-6-8-10-12-14-16-18-20-22-24-26-28-29-30-31-32-33-34-35-36-37-39-41-43-45-47-49-51-53-55-57-59-66(69)75-64(63-74-76(70,71)73-61-60-67(3,4)5)62-72-65(68)58-56-54-52-50-48-46-44-42-40-38-27-25-23-21-19-17-15-13-11-9-7-2/h8,10,14,16,19-22,25-28,30-31,33-34,36-37,41,43,47,49,64H,6-7,9,11-13,15,17-18,23-24,29,32,35,38-40,42,44-46,48,50-63H2,1-5H3/b10-8-,16-14-,21-19-,22-20-,27-25-,28-26-,31-30-,34-33-,37-36-,43-41-,49-47-. The van der Waals surface area contributed by atoms with Crippen LogP contribution in [0.2, 0.25) is 0 Å². The molecule has 0 heterocycles. The van der Waals surface area contributed by atoms with Gasteiger partial charge < -0.3 is 27.9 Å². The monoisotopic (exact) mass is 1080 g/mol. The molecule has 10 heteroatoms. The lowest BCUT2D eigenvalue weighted by molar-refractivity contribution is -0.870. The molecule has 0 aliphatic rings. The van der Waals surface area contributed by atoms with Gasteiger partial charge in [0.25, 0.3) is 7.82 Å². The lowest BCUT2D eigenvalue weighted by Gasteiger charge is -2.28. The van der Waals surface area contributed by atoms with Gasteiger partial charge in [-0.25, -0.2) is 0 Å². The van der Waals surface area contributed by atoms with Gasteiger partial charge in [0.15, 0.2) is 6.10 Å². The molecule has 0 rings (SSSR count). The number of carbonyl (C=O) groups excluding carboxylic acids is 2. The largest absolute Gasteiger partial charge is 0.756 e. The molecule has 0 amide bonds. The third-order valence-electron chi connectivity index (χ3n) is 12.2. The van der Waals surface area contributed by atoms with Crippen LogP contribution in [0.5, 0.6) is 0 Å².